The average molecular weight is 315 g/mol. The number of hydrogen-bond donors (Lipinski definition) is 3. The van der Waals surface area contributed by atoms with Crippen molar-refractivity contribution in [2.45, 2.75) is 44.2 Å². The van der Waals surface area contributed by atoms with Gasteiger partial charge in [0.2, 0.25) is 0 Å². The topological polar surface area (TPSA) is 106 Å². The van der Waals surface area contributed by atoms with E-state index in [1.165, 1.54) is 0 Å². The zero-order chi connectivity index (χ0) is 16.5. The van der Waals surface area contributed by atoms with E-state index in [-0.39, 0.29) is 6.03 Å². The molecular weight excluding hydrogens is 294 g/mol. The van der Waals surface area contributed by atoms with Crippen molar-refractivity contribution in [1.82, 2.24) is 15.5 Å². The van der Waals surface area contributed by atoms with Crippen LogP contribution in [-0.2, 0) is 11.1 Å². The van der Waals surface area contributed by atoms with Crippen molar-refractivity contribution < 1.29 is 9.32 Å². The Morgan fingerprint density at radius 1 is 1.30 bits per heavy atom. The van der Waals surface area contributed by atoms with Crippen LogP contribution in [0, 0.1) is 0 Å². The number of urea groups is 1. The molecule has 0 bridgehead atoms. The molecule has 2 aromatic rings. The van der Waals surface area contributed by atoms with Crippen LogP contribution in [0.5, 0.6) is 0 Å². The molecule has 4 N–H and O–H groups in total. The van der Waals surface area contributed by atoms with Crippen LogP contribution in [-0.4, -0.2) is 16.2 Å². The lowest BCUT2D eigenvalue weighted by Gasteiger charge is -2.34. The summed E-state index contributed by atoms with van der Waals surface area (Å²) in [5, 5.41) is 9.58. The van der Waals surface area contributed by atoms with Crippen LogP contribution in [0.4, 0.5) is 10.5 Å². The zero-order valence-corrected chi connectivity index (χ0v) is 13.3. The van der Waals surface area contributed by atoms with Gasteiger partial charge in [0.25, 0.3) is 5.89 Å². The minimum Gasteiger partial charge on any atom is -0.337 e. The summed E-state index contributed by atoms with van der Waals surface area (Å²) in [6.45, 7) is 3.61. The van der Waals surface area contributed by atoms with Crippen molar-refractivity contribution in [3.8, 4) is 0 Å². The molecule has 0 aliphatic heterocycles. The highest BCUT2D eigenvalue weighted by Crippen LogP contribution is 2.37. The average Bonchev–Trinajstić information content (AvgIpc) is 2.96. The molecule has 1 fully saturated rings. The van der Waals surface area contributed by atoms with Gasteiger partial charge in [-0.2, -0.15) is 4.98 Å². The second-order valence-electron chi connectivity index (χ2n) is 6.50. The molecule has 7 nitrogen and oxygen atoms in total. The Hall–Kier alpha value is -2.41. The van der Waals surface area contributed by atoms with Crippen molar-refractivity contribution in [2.75, 3.05) is 5.32 Å². The van der Waals surface area contributed by atoms with Crippen molar-refractivity contribution in [3.05, 3.63) is 42.0 Å². The molecule has 1 aliphatic carbocycles. The lowest BCUT2D eigenvalue weighted by Crippen LogP contribution is -2.45. The first kappa shape index (κ1) is 15.5. The summed E-state index contributed by atoms with van der Waals surface area (Å²) in [5.41, 5.74) is 5.63. The Morgan fingerprint density at radius 2 is 2.00 bits per heavy atom. The molecule has 0 atom stereocenters. The number of para-hydroxylation sites is 1. The van der Waals surface area contributed by atoms with Crippen molar-refractivity contribution in [2.24, 2.45) is 5.73 Å². The second kappa shape index (κ2) is 5.66. The molecule has 0 spiro atoms. The maximum absolute atomic E-state index is 12.1. The van der Waals surface area contributed by atoms with E-state index in [4.69, 9.17) is 10.3 Å². The molecule has 7 heteroatoms. The van der Waals surface area contributed by atoms with Gasteiger partial charge >= 0.3 is 6.03 Å². The highest BCUT2D eigenvalue weighted by atomic mass is 16.5. The van der Waals surface area contributed by atoms with Crippen molar-refractivity contribution >= 4 is 11.7 Å². The van der Waals surface area contributed by atoms with Gasteiger partial charge in [0.15, 0.2) is 5.82 Å². The summed E-state index contributed by atoms with van der Waals surface area (Å²) < 4.78 is 5.32. The first-order chi connectivity index (χ1) is 10.9. The van der Waals surface area contributed by atoms with Crippen LogP contribution in [0.25, 0.3) is 0 Å². The lowest BCUT2D eigenvalue weighted by molar-refractivity contribution is 0.220. The summed E-state index contributed by atoms with van der Waals surface area (Å²) in [6.07, 6.45) is 2.78. The summed E-state index contributed by atoms with van der Waals surface area (Å²) in [5.74, 6) is 0.851. The molecule has 0 unspecified atom stereocenters. The van der Waals surface area contributed by atoms with Gasteiger partial charge in [-0.1, -0.05) is 23.4 Å². The highest BCUT2D eigenvalue weighted by molar-refractivity contribution is 5.89. The van der Waals surface area contributed by atoms with E-state index < -0.39 is 11.1 Å². The summed E-state index contributed by atoms with van der Waals surface area (Å²) in [7, 11) is 0. The van der Waals surface area contributed by atoms with Crippen molar-refractivity contribution in [1.29, 1.82) is 0 Å². The zero-order valence-electron chi connectivity index (χ0n) is 13.3. The lowest BCUT2D eigenvalue weighted by atomic mass is 9.77. The fourth-order valence-electron chi connectivity index (χ4n) is 2.48. The number of carbonyl (C=O) groups is 1. The van der Waals surface area contributed by atoms with Crippen LogP contribution in [0.2, 0.25) is 0 Å². The number of benzene rings is 1. The Bertz CT molecular complexity index is 692. The van der Waals surface area contributed by atoms with Crippen LogP contribution in [0.1, 0.15) is 44.8 Å². The van der Waals surface area contributed by atoms with Crippen LogP contribution < -0.4 is 16.4 Å². The molecule has 1 aromatic carbocycles. The van der Waals surface area contributed by atoms with Gasteiger partial charge in [-0.15, -0.1) is 0 Å². The summed E-state index contributed by atoms with van der Waals surface area (Å²) in [4.78, 5) is 16.5. The first-order valence-corrected chi connectivity index (χ1v) is 7.67. The van der Waals surface area contributed by atoms with Gasteiger partial charge in [0.05, 0.1) is 5.54 Å². The number of carbonyl (C=O) groups excluding carboxylic acids is 1. The second-order valence-corrected chi connectivity index (χ2v) is 6.50. The molecule has 1 saturated carbocycles. The van der Waals surface area contributed by atoms with E-state index in [2.05, 4.69) is 20.8 Å². The SMILES string of the molecule is CC(C)(NC(=O)Nc1ccccc1)c1nc(C2(N)CCC2)no1. The van der Waals surface area contributed by atoms with E-state index in [0.717, 1.165) is 19.3 Å². The standard InChI is InChI=1S/C16H21N5O2/c1-15(2,20-14(22)18-11-7-4-3-5-8-11)13-19-12(21-23-13)16(17)9-6-10-16/h3-5,7-8H,6,9-10,17H2,1-2H3,(H2,18,20,22). The molecule has 23 heavy (non-hydrogen) atoms. The number of nitrogens with zero attached hydrogens (tertiary/aromatic N) is 2. The van der Waals surface area contributed by atoms with Gasteiger partial charge < -0.3 is 20.9 Å². The largest absolute Gasteiger partial charge is 0.337 e. The Balaban J connectivity index is 1.67. The van der Waals surface area contributed by atoms with E-state index in [9.17, 15) is 4.79 Å². The molecule has 122 valence electrons. The van der Waals surface area contributed by atoms with E-state index in [0.29, 0.717) is 17.4 Å². The number of amides is 2. The third-order valence-electron chi connectivity index (χ3n) is 4.11. The fraction of sp³-hybridized carbons (Fsp3) is 0.438. The minimum atomic E-state index is -0.801. The van der Waals surface area contributed by atoms with Crippen LogP contribution in [0.3, 0.4) is 0 Å². The molecule has 2 amide bonds. The molecule has 0 saturated heterocycles. The molecule has 1 aromatic heterocycles. The smallest absolute Gasteiger partial charge is 0.320 e. The minimum absolute atomic E-state index is 0.340. The van der Waals surface area contributed by atoms with E-state index >= 15 is 0 Å². The Labute approximate surface area is 134 Å². The van der Waals surface area contributed by atoms with Gasteiger partial charge in [-0.25, -0.2) is 4.79 Å². The van der Waals surface area contributed by atoms with E-state index in [1.807, 2.05) is 30.3 Å². The number of nitrogens with one attached hydrogen (secondary N) is 2. The van der Waals surface area contributed by atoms with Crippen LogP contribution in [0.15, 0.2) is 34.9 Å². The molecule has 1 aliphatic rings. The number of anilines is 1. The maximum Gasteiger partial charge on any atom is 0.320 e. The normalized spacial score (nSPS) is 16.5. The Morgan fingerprint density at radius 3 is 2.61 bits per heavy atom. The number of hydrogen-bond acceptors (Lipinski definition) is 5. The van der Waals surface area contributed by atoms with Crippen molar-refractivity contribution in [3.63, 3.8) is 0 Å². The summed E-state index contributed by atoms with van der Waals surface area (Å²) in [6, 6.07) is 8.87. The number of rotatable bonds is 4. The third-order valence-corrected chi connectivity index (χ3v) is 4.11. The van der Waals surface area contributed by atoms with Gasteiger partial charge in [0.1, 0.15) is 5.54 Å². The van der Waals surface area contributed by atoms with Gasteiger partial charge in [-0.05, 0) is 45.2 Å². The third kappa shape index (κ3) is 3.19. The quantitative estimate of drug-likeness (QED) is 0.803. The first-order valence-electron chi connectivity index (χ1n) is 7.67. The number of aromatic nitrogens is 2. The fourth-order valence-corrected chi connectivity index (χ4v) is 2.48. The number of nitrogens with two attached hydrogens (primary N) is 1. The predicted molar refractivity (Wildman–Crippen MR) is 85.6 cm³/mol. The van der Waals surface area contributed by atoms with Gasteiger partial charge in [0, 0.05) is 5.69 Å². The summed E-state index contributed by atoms with van der Waals surface area (Å²) >= 11 is 0. The Kier molecular flexibility index (Phi) is 3.81. The predicted octanol–water partition coefficient (Wildman–Crippen LogP) is 2.46. The van der Waals surface area contributed by atoms with E-state index in [1.54, 1.807) is 13.8 Å². The molecular formula is C16H21N5O2. The van der Waals surface area contributed by atoms with Gasteiger partial charge in [-0.3, -0.25) is 0 Å². The molecule has 0 radical (unpaired) electrons. The molecule has 3 rings (SSSR count). The maximum atomic E-state index is 12.1. The highest BCUT2D eigenvalue weighted by Gasteiger charge is 2.40. The van der Waals surface area contributed by atoms with Crippen LogP contribution >= 0.6 is 0 Å². The monoisotopic (exact) mass is 315 g/mol. The molecule has 1 heterocycles.